The number of aliphatic carboxylic acids is 7. The van der Waals surface area contributed by atoms with Crippen molar-refractivity contribution in [3.8, 4) is 0 Å². The number of aliphatic hydroxyl groups excluding tert-OH is 2. The van der Waals surface area contributed by atoms with Crippen molar-refractivity contribution in [3.63, 3.8) is 0 Å². The fraction of sp³-hybridized carbons (Fsp3) is 0.727. The second-order valence-corrected chi connectivity index (χ2v) is 31.6. The third kappa shape index (κ3) is 60.6. The number of carboxylic acids is 7. The molecule has 722 valence electrons. The van der Waals surface area contributed by atoms with Crippen LogP contribution in [0.3, 0.4) is 0 Å². The molecule has 0 saturated heterocycles. The third-order valence-electron chi connectivity index (χ3n) is 16.8. The predicted octanol–water partition coefficient (Wildman–Crippen LogP) is -3.82. The highest BCUT2D eigenvalue weighted by molar-refractivity contribution is 5.95. The van der Waals surface area contributed by atoms with E-state index in [9.17, 15) is 131 Å². The molecule has 127 heavy (non-hydrogen) atoms. The number of nitrogens with one attached hydrogen (secondary N) is 13. The maximum absolute atomic E-state index is 14.5. The number of aldehydes is 1. The first-order chi connectivity index (χ1) is 59.3. The van der Waals surface area contributed by atoms with Crippen molar-refractivity contribution in [2.24, 2.45) is 0 Å². The van der Waals surface area contributed by atoms with Crippen LogP contribution in [-0.4, -0.2) is 334 Å². The Labute approximate surface area is 731 Å². The molecule has 11 unspecified atom stereocenters. The van der Waals surface area contributed by atoms with E-state index in [-0.39, 0.29) is 111 Å². The number of unbranched alkanes of at least 4 members (excludes halogenated alkanes) is 2. The van der Waals surface area contributed by atoms with Gasteiger partial charge >= 0.3 is 59.9 Å². The van der Waals surface area contributed by atoms with Crippen LogP contribution in [0, 0.1) is 0 Å². The number of carboxylic acid groups (broad SMARTS) is 7. The summed E-state index contributed by atoms with van der Waals surface area (Å²) in [6, 6.07) is -14.6. The van der Waals surface area contributed by atoms with Crippen LogP contribution in [0.2, 0.25) is 0 Å². The third-order valence-corrected chi connectivity index (χ3v) is 16.8. The molecule has 12 amide bonds. The number of ether oxygens (including phenoxy) is 7. The number of carbonyl (C=O) groups excluding carboxylic acids is 14. The van der Waals surface area contributed by atoms with Crippen LogP contribution in [0.5, 0.6) is 0 Å². The minimum Gasteiger partial charge on any atom is -0.481 e. The van der Waals surface area contributed by atoms with E-state index >= 15 is 0 Å². The Balaban J connectivity index is 6.67. The van der Waals surface area contributed by atoms with Gasteiger partial charge in [0.05, 0.1) is 58.7 Å². The zero-order valence-electron chi connectivity index (χ0n) is 72.7. The average molecular weight is 1830 g/mol. The maximum Gasteiger partial charge on any atom is 0.407 e. The number of hydrogen-bond donors (Lipinski definition) is 22. The lowest BCUT2D eigenvalue weighted by molar-refractivity contribution is -0.156. The van der Waals surface area contributed by atoms with Gasteiger partial charge in [0.25, 0.3) is 0 Å². The molecule has 0 aromatic carbocycles. The molecule has 0 fully saturated rings. The van der Waals surface area contributed by atoms with E-state index in [1.165, 1.54) is 0 Å². The van der Waals surface area contributed by atoms with Gasteiger partial charge in [0, 0.05) is 77.5 Å². The fourth-order valence-corrected chi connectivity index (χ4v) is 10.8. The first kappa shape index (κ1) is 115. The summed E-state index contributed by atoms with van der Waals surface area (Å²) in [6.45, 7) is 11.5. The molecule has 0 heterocycles. The van der Waals surface area contributed by atoms with Gasteiger partial charge < -0.3 is 148 Å². The Morgan fingerprint density at radius 3 is 1.02 bits per heavy atom. The summed E-state index contributed by atoms with van der Waals surface area (Å²) in [4.78, 5) is 264. The normalized spacial score (nSPS) is 13.9. The summed E-state index contributed by atoms with van der Waals surface area (Å²) in [5, 5.41) is 117. The first-order valence-electron chi connectivity index (χ1n) is 40.8. The number of hydrogen-bond acceptors (Lipinski definition) is 31. The maximum atomic E-state index is 14.5. The number of carbonyl (C=O) groups is 21. The van der Waals surface area contributed by atoms with Crippen LogP contribution in [-0.2, 0) is 124 Å². The Kier molecular flexibility index (Phi) is 56.8. The van der Waals surface area contributed by atoms with Crippen molar-refractivity contribution in [1.29, 1.82) is 0 Å². The summed E-state index contributed by atoms with van der Waals surface area (Å²) >= 11 is 0. The lowest BCUT2D eigenvalue weighted by Gasteiger charge is -2.24. The molecule has 50 nitrogen and oxygen atoms in total. The van der Waals surface area contributed by atoms with Crippen molar-refractivity contribution < 1.29 is 180 Å². The van der Waals surface area contributed by atoms with Crippen LogP contribution in [0.15, 0.2) is 0 Å². The molecular formula is C77H127N13O37. The lowest BCUT2D eigenvalue weighted by atomic mass is 10.0. The van der Waals surface area contributed by atoms with Gasteiger partial charge in [-0.05, 0) is 139 Å². The summed E-state index contributed by atoms with van der Waals surface area (Å²) < 4.78 is 37.8. The summed E-state index contributed by atoms with van der Waals surface area (Å²) in [7, 11) is 0. The molecule has 11 atom stereocenters. The summed E-state index contributed by atoms with van der Waals surface area (Å²) in [5.74, 6) is -20.9. The monoisotopic (exact) mass is 1830 g/mol. The Morgan fingerprint density at radius 1 is 0.307 bits per heavy atom. The van der Waals surface area contributed by atoms with Gasteiger partial charge in [-0.2, -0.15) is 0 Å². The molecule has 0 bridgehead atoms. The van der Waals surface area contributed by atoms with Gasteiger partial charge in [0.1, 0.15) is 90.4 Å². The highest BCUT2D eigenvalue weighted by atomic mass is 16.6. The van der Waals surface area contributed by atoms with E-state index in [1.807, 2.05) is 5.32 Å². The Hall–Kier alpha value is -11.6. The minimum absolute atomic E-state index is 0.00488. The van der Waals surface area contributed by atoms with Gasteiger partial charge in [-0.3, -0.25) is 72.4 Å². The van der Waals surface area contributed by atoms with Crippen molar-refractivity contribution >= 4 is 125 Å². The van der Waals surface area contributed by atoms with E-state index in [1.54, 1.807) is 62.3 Å². The van der Waals surface area contributed by atoms with E-state index in [4.69, 9.17) is 48.5 Å². The van der Waals surface area contributed by atoms with Crippen molar-refractivity contribution in [1.82, 2.24) is 69.1 Å². The SMILES string of the molecule is CC(C)(C)OC(=O)CCC(=O)NC(CCC(=O)NC(CCCCNC(=O)OC(C)(C)C)C(=O)NCCOCCOCC(=O)NC(CCC(=O)NC(CCC(=O)O)C(=O)O)C(=O)NC(CC(O)C=O)C(=O)O)C(=O)NC(CCCCNC(=O)OC(C)(C)C)C(=O)NCCOCCOCC(O)NC(CCC(=O)NC(CCC(=O)O)C(=O)O)C(=O)NC(CCC(=O)O)C(=O)O. The van der Waals surface area contributed by atoms with Crippen LogP contribution in [0.1, 0.15) is 197 Å². The van der Waals surface area contributed by atoms with Crippen molar-refractivity contribution in [3.05, 3.63) is 0 Å². The molecule has 0 aliphatic carbocycles. The van der Waals surface area contributed by atoms with Gasteiger partial charge in [0.15, 0.2) is 0 Å². The Bertz CT molecular complexity index is 3610. The average Bonchev–Trinajstić information content (AvgIpc) is 0.875. The highest BCUT2D eigenvalue weighted by Crippen LogP contribution is 2.15. The quantitative estimate of drug-likeness (QED) is 0.00912. The molecule has 50 heteroatoms. The van der Waals surface area contributed by atoms with Gasteiger partial charge in [-0.25, -0.2) is 28.8 Å². The Morgan fingerprint density at radius 2 is 0.630 bits per heavy atom. The van der Waals surface area contributed by atoms with Gasteiger partial charge in [-0.1, -0.05) is 0 Å². The number of aliphatic hydroxyl groups is 2. The predicted molar refractivity (Wildman–Crippen MR) is 434 cm³/mol. The molecule has 0 rings (SSSR count). The molecule has 0 aliphatic rings. The standard InChI is InChI=1S/C77H127N13O37/c1-75(2,3)125-63(105)29-25-57(96)83-47(66(108)88-46(15-11-13-31-81-74(120)127-77(7,8)9)65(107)79-33-35-122-37-39-123-42-58(97)84-48(67(109)89-52(71(115)116)21-28-62(103)104)17-23-55(94)86-50(69(111)112)19-26-60(99)100)16-22-54(93)82-45(14-10-12-30-80-73(119)126-76(4,5)6)64(106)78-32-34-121-36-38-124-43-59(98)85-49(68(110)90-53(72(117)118)40-44(92)41-91)18-24-56(95)87-51(70(113)114)20-27-61(101)102/h41,44-53,58,84,92,97H,10-40,42-43H2,1-9H3,(H,78,106)(H,79,107)(H,80,119)(H,81,120)(H,82,93)(H,83,96)(H,85,98)(H,86,94)(H,87,95)(H,88,108)(H,89,109)(H,90,110)(H,99,100)(H,101,102)(H,103,104)(H,111,112)(H,113,114)(H,115,116)(H,117,118). The molecular weight excluding hydrogens is 1700 g/mol. The van der Waals surface area contributed by atoms with Crippen molar-refractivity contribution in [2.75, 3.05) is 79.0 Å². The second kappa shape index (κ2) is 62.5. The van der Waals surface area contributed by atoms with Crippen LogP contribution in [0.25, 0.3) is 0 Å². The molecule has 22 N–H and O–H groups in total. The number of amides is 12. The summed E-state index contributed by atoms with van der Waals surface area (Å²) in [5.41, 5.74) is -2.63. The molecule has 0 aromatic rings. The minimum atomic E-state index is -1.88. The number of esters is 1. The first-order valence-corrected chi connectivity index (χ1v) is 40.8. The van der Waals surface area contributed by atoms with Gasteiger partial charge in [-0.15, -0.1) is 0 Å². The van der Waals surface area contributed by atoms with Crippen LogP contribution >= 0.6 is 0 Å². The number of alkyl carbamates (subject to hydrolysis) is 2. The highest BCUT2D eigenvalue weighted by Gasteiger charge is 2.35. The molecule has 0 spiro atoms. The van der Waals surface area contributed by atoms with E-state index < -0.39 is 312 Å². The zero-order valence-corrected chi connectivity index (χ0v) is 72.7. The largest absolute Gasteiger partial charge is 0.481 e. The number of rotatable bonds is 69. The zero-order chi connectivity index (χ0) is 96.6. The van der Waals surface area contributed by atoms with Crippen LogP contribution < -0.4 is 69.1 Å². The van der Waals surface area contributed by atoms with E-state index in [2.05, 4.69) is 63.8 Å². The molecule has 0 aromatic heterocycles. The smallest absolute Gasteiger partial charge is 0.407 e. The van der Waals surface area contributed by atoms with Gasteiger partial charge in [0.2, 0.25) is 59.1 Å². The molecule has 0 radical (unpaired) electrons. The van der Waals surface area contributed by atoms with Crippen LogP contribution in [0.4, 0.5) is 9.59 Å². The topological polar surface area (TPSA) is 762 Å². The van der Waals surface area contributed by atoms with E-state index in [0.29, 0.717) is 0 Å². The summed E-state index contributed by atoms with van der Waals surface area (Å²) in [6.07, 6.45) is -13.2. The van der Waals surface area contributed by atoms with Crippen molar-refractivity contribution in [2.45, 2.75) is 281 Å². The molecule has 0 saturated carbocycles. The molecule has 0 aliphatic heterocycles. The van der Waals surface area contributed by atoms with E-state index in [0.717, 1.165) is 0 Å². The lowest BCUT2D eigenvalue weighted by Crippen LogP contribution is -2.54. The second-order valence-electron chi connectivity index (χ2n) is 31.6. The fourth-order valence-electron chi connectivity index (χ4n) is 10.8.